The zero-order valence-corrected chi connectivity index (χ0v) is 19.9. The molecule has 29 heavy (non-hydrogen) atoms. The van der Waals surface area contributed by atoms with Gasteiger partial charge in [-0.1, -0.05) is 30.3 Å². The Morgan fingerprint density at radius 2 is 1.93 bits per heavy atom. The fourth-order valence-corrected chi connectivity index (χ4v) is 5.03. The van der Waals surface area contributed by atoms with Crippen LogP contribution in [-0.4, -0.2) is 12.2 Å². The van der Waals surface area contributed by atoms with E-state index >= 15 is 0 Å². The molecular formula is C21H17FIO3PS2. The van der Waals surface area contributed by atoms with E-state index in [1.54, 1.807) is 31.2 Å². The van der Waals surface area contributed by atoms with Crippen molar-refractivity contribution in [3.8, 4) is 11.5 Å². The summed E-state index contributed by atoms with van der Waals surface area (Å²) in [5.74, 6) is -0.364. The van der Waals surface area contributed by atoms with Crippen molar-refractivity contribution < 1.29 is 18.5 Å². The highest BCUT2D eigenvalue weighted by molar-refractivity contribution is 14.2. The molecule has 0 aliphatic rings. The summed E-state index contributed by atoms with van der Waals surface area (Å²) in [4.78, 5) is 13.4. The second kappa shape index (κ2) is 10.1. The number of rotatable bonds is 7. The summed E-state index contributed by atoms with van der Waals surface area (Å²) in [6.07, 6.45) is 0. The molecule has 0 saturated carbocycles. The average molecular weight is 560 g/mol. The van der Waals surface area contributed by atoms with E-state index in [4.69, 9.17) is 5.46 Å². The number of carbonyl (C=O) groups is 1. The van der Waals surface area contributed by atoms with E-state index in [0.717, 1.165) is 11.8 Å². The fraction of sp³-hybridized carbons (Fsp3) is 0.0952. The van der Waals surface area contributed by atoms with Crippen LogP contribution in [0.15, 0.2) is 71.6 Å². The molecule has 0 aromatic heterocycles. The molecule has 0 saturated heterocycles. The molecule has 2 unspecified atom stereocenters. The van der Waals surface area contributed by atoms with Gasteiger partial charge in [-0.2, -0.15) is 0 Å². The summed E-state index contributed by atoms with van der Waals surface area (Å²) < 4.78 is 27.5. The van der Waals surface area contributed by atoms with E-state index in [9.17, 15) is 14.3 Å². The third-order valence-electron chi connectivity index (χ3n) is 4.05. The molecule has 0 aliphatic heterocycles. The van der Waals surface area contributed by atoms with Crippen molar-refractivity contribution in [3.63, 3.8) is 0 Å². The van der Waals surface area contributed by atoms with Crippen LogP contribution in [0.5, 0.6) is 11.5 Å². The average Bonchev–Trinajstić information content (AvgIpc) is 2.74. The van der Waals surface area contributed by atoms with Crippen LogP contribution in [0.4, 0.5) is 4.39 Å². The Bertz CT molecular complexity index is 1060. The Morgan fingerprint density at radius 1 is 1.24 bits per heavy atom. The van der Waals surface area contributed by atoms with E-state index in [1.165, 1.54) is 12.1 Å². The number of hydrogen-bond acceptors (Lipinski definition) is 4. The first-order valence-corrected chi connectivity index (χ1v) is 14.1. The monoisotopic (exact) mass is 560 g/mol. The van der Waals surface area contributed by atoms with Crippen molar-refractivity contribution >= 4 is 54.2 Å². The first-order chi connectivity index (χ1) is 14.4. The zero-order valence-electron chi connectivity index (χ0n) is 16.2. The Labute approximate surface area is 190 Å². The topological polar surface area (TPSA) is 46.5 Å². The maximum atomic E-state index is 14.5. The second-order valence-corrected chi connectivity index (χ2v) is 13.4. The van der Waals surface area contributed by atoms with Crippen LogP contribution in [0.3, 0.4) is 0 Å². The predicted molar refractivity (Wildman–Crippen MR) is 129 cm³/mol. The standard InChI is InChI=1S/C21H17FIO3PS2/c1-13-11-17(22)21(18(24)12-13)28-20(15-5-3-2-4-6-15)19(25)14-7-9-16(10-8-14)26-29(23)27/h2-12,20,24,27H,1H3/i27T. The molecule has 2 atom stereocenters. The summed E-state index contributed by atoms with van der Waals surface area (Å²) in [7, 11) is -0.182. The van der Waals surface area contributed by atoms with Gasteiger partial charge in [-0.15, -0.1) is 11.8 Å². The van der Waals surface area contributed by atoms with Crippen molar-refractivity contribution in [3.05, 3.63) is 89.2 Å². The van der Waals surface area contributed by atoms with E-state index in [-0.39, 0.29) is 16.4 Å². The van der Waals surface area contributed by atoms with Crippen LogP contribution in [0.2, 0.25) is 0 Å². The first kappa shape index (κ1) is 20.8. The molecule has 3 nitrogen and oxygen atoms in total. The molecule has 0 heterocycles. The SMILES string of the molecule is [3H]P=S(I)Oc1ccc(C(=O)C(Sc2c(O)cc(C)cc2F)c2ccccc2)cc1. The number of ketones is 1. The predicted octanol–water partition coefficient (Wildman–Crippen LogP) is 6.88. The number of carbonyl (C=O) groups excluding carboxylic acids is 1. The number of phenolic OH excluding ortho intramolecular Hbond substituents is 1. The van der Waals surface area contributed by atoms with Crippen LogP contribution < -0.4 is 4.18 Å². The second-order valence-electron chi connectivity index (χ2n) is 6.18. The summed E-state index contributed by atoms with van der Waals surface area (Å²) in [5, 5.41) is 9.53. The number of halogens is 2. The van der Waals surface area contributed by atoms with Crippen LogP contribution in [0.25, 0.3) is 0 Å². The van der Waals surface area contributed by atoms with Gasteiger partial charge < -0.3 is 9.29 Å². The molecule has 0 bridgehead atoms. The van der Waals surface area contributed by atoms with Gasteiger partial charge >= 0.3 is 0 Å². The molecule has 0 amide bonds. The normalized spacial score (nSPS) is 13.6. The van der Waals surface area contributed by atoms with Gasteiger partial charge in [0.2, 0.25) is 0 Å². The fourth-order valence-electron chi connectivity index (χ4n) is 2.75. The Kier molecular flexibility index (Phi) is 7.24. The molecule has 3 aromatic carbocycles. The van der Waals surface area contributed by atoms with Gasteiger partial charge in [0.25, 0.3) is 0 Å². The summed E-state index contributed by atoms with van der Waals surface area (Å²) in [6, 6.07) is 18.6. The minimum Gasteiger partial charge on any atom is -0.507 e. The van der Waals surface area contributed by atoms with E-state index in [2.05, 4.69) is 0 Å². The maximum absolute atomic E-state index is 14.5. The highest BCUT2D eigenvalue weighted by Crippen LogP contribution is 2.43. The molecule has 0 fully saturated rings. The molecule has 0 aliphatic carbocycles. The Hall–Kier alpha value is -1.41. The number of benzene rings is 3. The number of aryl methyl sites for hydroxylation is 1. The van der Waals surface area contributed by atoms with E-state index in [0.29, 0.717) is 30.4 Å². The van der Waals surface area contributed by atoms with Gasteiger partial charge in [-0.3, -0.25) is 4.79 Å². The number of hydrogen-bond donors (Lipinski definition) is 1. The molecular weight excluding hydrogens is 541 g/mol. The van der Waals surface area contributed by atoms with Crippen molar-refractivity contribution in [1.29, 1.82) is 1.28 Å². The van der Waals surface area contributed by atoms with Crippen molar-refractivity contribution in [2.24, 2.45) is 0 Å². The molecule has 3 rings (SSSR count). The zero-order chi connectivity index (χ0) is 21.7. The number of Topliss-reactive ketones (excluding diaryl/α,β-unsaturated/α-hetero) is 1. The van der Waals surface area contributed by atoms with Crippen LogP contribution in [0, 0.1) is 12.7 Å². The summed E-state index contributed by atoms with van der Waals surface area (Å²) in [5.41, 5.74) is 1.77. The van der Waals surface area contributed by atoms with Gasteiger partial charge in [-0.05, 0) is 62.4 Å². The molecule has 0 radical (unpaired) electrons. The largest absolute Gasteiger partial charge is 0.507 e. The van der Waals surface area contributed by atoms with Gasteiger partial charge in [0.15, 0.2) is 5.78 Å². The van der Waals surface area contributed by atoms with Crippen molar-refractivity contribution in [2.45, 2.75) is 17.1 Å². The van der Waals surface area contributed by atoms with Crippen LogP contribution >= 0.6 is 40.9 Å². The van der Waals surface area contributed by atoms with Gasteiger partial charge in [0, 0.05) is 26.8 Å². The summed E-state index contributed by atoms with van der Waals surface area (Å²) in [6.45, 7) is 1.70. The Morgan fingerprint density at radius 3 is 2.55 bits per heavy atom. The summed E-state index contributed by atoms with van der Waals surface area (Å²) >= 11 is 3.04. The lowest BCUT2D eigenvalue weighted by molar-refractivity contribution is 0.0989. The van der Waals surface area contributed by atoms with Gasteiger partial charge in [0.1, 0.15) is 18.6 Å². The van der Waals surface area contributed by atoms with Gasteiger partial charge in [0.05, 0.1) is 17.7 Å². The minimum atomic E-state index is -0.730. The van der Waals surface area contributed by atoms with Crippen LogP contribution in [0.1, 0.15) is 26.7 Å². The highest BCUT2D eigenvalue weighted by atomic mass is 127. The maximum Gasteiger partial charge on any atom is 0.180 e. The third kappa shape index (κ3) is 5.81. The third-order valence-corrected chi connectivity index (χ3v) is 6.50. The smallest absolute Gasteiger partial charge is 0.180 e. The number of aromatic hydroxyl groups is 1. The lowest BCUT2D eigenvalue weighted by Crippen LogP contribution is -2.10. The first-order valence-electron chi connectivity index (χ1n) is 8.93. The molecule has 1 N–H and O–H groups in total. The van der Waals surface area contributed by atoms with Crippen LogP contribution in [-0.2, 0) is 7.53 Å². The van der Waals surface area contributed by atoms with Crippen molar-refractivity contribution in [2.75, 3.05) is 0 Å². The molecule has 3 aromatic rings. The molecule has 150 valence electrons. The Balaban J connectivity index is 1.94. The minimum absolute atomic E-state index is 0.0474. The van der Waals surface area contributed by atoms with Gasteiger partial charge in [-0.25, -0.2) is 4.39 Å². The quantitative estimate of drug-likeness (QED) is 0.148. The van der Waals surface area contributed by atoms with Crippen molar-refractivity contribution in [1.82, 2.24) is 0 Å². The van der Waals surface area contributed by atoms with E-state index < -0.39 is 18.6 Å². The lowest BCUT2D eigenvalue weighted by atomic mass is 10.0. The molecule has 0 spiro atoms. The lowest BCUT2D eigenvalue weighted by Gasteiger charge is -2.18. The molecule has 8 heteroatoms. The number of thioether (sulfide) groups is 1. The van der Waals surface area contributed by atoms with E-state index in [1.807, 2.05) is 51.5 Å². The number of phenols is 1. The highest BCUT2D eigenvalue weighted by Gasteiger charge is 2.26.